The maximum atomic E-state index is 9.25. The molecule has 0 saturated carbocycles. The molecule has 1 rings (SSSR count). The van der Waals surface area contributed by atoms with Crippen LogP contribution < -0.4 is 5.32 Å². The number of thioether (sulfide) groups is 1. The third kappa shape index (κ3) is 4.80. The highest BCUT2D eigenvalue weighted by Gasteiger charge is 2.27. The molecule has 94 valence electrons. The number of oxazole rings is 1. The zero-order valence-electron chi connectivity index (χ0n) is 10.7. The van der Waals surface area contributed by atoms with E-state index in [1.165, 1.54) is 0 Å². The van der Waals surface area contributed by atoms with E-state index >= 15 is 0 Å². The molecule has 0 aliphatic rings. The van der Waals surface area contributed by atoms with Gasteiger partial charge in [0.2, 0.25) is 0 Å². The van der Waals surface area contributed by atoms with Gasteiger partial charge in [-0.1, -0.05) is 18.7 Å². The van der Waals surface area contributed by atoms with Crippen LogP contribution in [0.1, 0.15) is 34.1 Å². The standard InChI is InChI=1S/C12H19N3OS/c1-9(2)15-12(4,8-13)7-10(3)17-11-14-5-6-16-11/h5-6,9-10,15H,7H2,1-4H3. The van der Waals surface area contributed by atoms with E-state index in [2.05, 4.69) is 23.3 Å². The van der Waals surface area contributed by atoms with E-state index in [-0.39, 0.29) is 5.25 Å². The van der Waals surface area contributed by atoms with Crippen LogP contribution >= 0.6 is 11.8 Å². The van der Waals surface area contributed by atoms with E-state index in [9.17, 15) is 5.26 Å². The monoisotopic (exact) mass is 253 g/mol. The van der Waals surface area contributed by atoms with Crippen LogP contribution in [0.2, 0.25) is 0 Å². The van der Waals surface area contributed by atoms with Gasteiger partial charge in [0, 0.05) is 11.3 Å². The van der Waals surface area contributed by atoms with Crippen molar-refractivity contribution in [2.75, 3.05) is 0 Å². The normalized spacial score (nSPS) is 16.5. The molecule has 0 fully saturated rings. The van der Waals surface area contributed by atoms with E-state index in [4.69, 9.17) is 4.42 Å². The Balaban J connectivity index is 2.53. The average Bonchev–Trinajstić information content (AvgIpc) is 2.68. The van der Waals surface area contributed by atoms with E-state index in [0.717, 1.165) is 6.42 Å². The highest BCUT2D eigenvalue weighted by molar-refractivity contribution is 7.99. The quantitative estimate of drug-likeness (QED) is 0.790. The van der Waals surface area contributed by atoms with Crippen molar-refractivity contribution in [1.82, 2.24) is 10.3 Å². The summed E-state index contributed by atoms with van der Waals surface area (Å²) in [4.78, 5) is 4.07. The summed E-state index contributed by atoms with van der Waals surface area (Å²) in [5.41, 5.74) is -0.507. The molecule has 0 aliphatic carbocycles. The van der Waals surface area contributed by atoms with Gasteiger partial charge in [-0.15, -0.1) is 0 Å². The van der Waals surface area contributed by atoms with E-state index in [0.29, 0.717) is 11.3 Å². The molecule has 0 aliphatic heterocycles. The number of hydrogen-bond donors (Lipinski definition) is 1. The summed E-state index contributed by atoms with van der Waals surface area (Å²) in [6, 6.07) is 2.64. The van der Waals surface area contributed by atoms with Gasteiger partial charge in [-0.3, -0.25) is 5.32 Å². The summed E-state index contributed by atoms with van der Waals surface area (Å²) >= 11 is 1.55. The lowest BCUT2D eigenvalue weighted by Gasteiger charge is -2.28. The summed E-state index contributed by atoms with van der Waals surface area (Å²) in [6.45, 7) is 8.09. The third-order valence-corrected chi connectivity index (χ3v) is 3.23. The van der Waals surface area contributed by atoms with Crippen LogP contribution in [-0.2, 0) is 0 Å². The van der Waals surface area contributed by atoms with Crippen LogP contribution in [0, 0.1) is 11.3 Å². The summed E-state index contributed by atoms with van der Waals surface area (Å²) in [6.07, 6.45) is 3.94. The number of rotatable bonds is 6. The molecule has 1 aromatic rings. The number of nitrogens with one attached hydrogen (secondary N) is 1. The molecule has 1 N–H and O–H groups in total. The first-order valence-electron chi connectivity index (χ1n) is 5.70. The molecule has 0 radical (unpaired) electrons. The molecule has 2 atom stereocenters. The van der Waals surface area contributed by atoms with Crippen LogP contribution in [0.25, 0.3) is 0 Å². The van der Waals surface area contributed by atoms with Gasteiger partial charge in [-0.25, -0.2) is 4.98 Å². The largest absolute Gasteiger partial charge is 0.440 e. The van der Waals surface area contributed by atoms with Gasteiger partial charge in [0.05, 0.1) is 12.3 Å². The lowest BCUT2D eigenvalue weighted by molar-refractivity contribution is 0.381. The van der Waals surface area contributed by atoms with Crippen molar-refractivity contribution in [3.8, 4) is 6.07 Å². The molecule has 0 amide bonds. The van der Waals surface area contributed by atoms with Crippen molar-refractivity contribution in [3.63, 3.8) is 0 Å². The van der Waals surface area contributed by atoms with E-state index in [1.807, 2.05) is 20.8 Å². The Bertz CT molecular complexity index is 372. The van der Waals surface area contributed by atoms with Gasteiger partial charge in [0.1, 0.15) is 11.8 Å². The molecule has 0 bridgehead atoms. The summed E-state index contributed by atoms with van der Waals surface area (Å²) in [7, 11) is 0. The molecule has 1 heterocycles. The molecule has 0 aromatic carbocycles. The second-order valence-corrected chi connectivity index (χ2v) is 6.06. The predicted molar refractivity (Wildman–Crippen MR) is 68.7 cm³/mol. The second kappa shape index (κ2) is 6.08. The number of nitriles is 1. The number of aromatic nitrogens is 1. The molecular weight excluding hydrogens is 234 g/mol. The lowest BCUT2D eigenvalue weighted by atomic mass is 9.97. The highest BCUT2D eigenvalue weighted by atomic mass is 32.2. The fourth-order valence-corrected chi connectivity index (χ4v) is 2.82. The number of nitrogens with zero attached hydrogens (tertiary/aromatic N) is 2. The topological polar surface area (TPSA) is 61.9 Å². The molecule has 4 nitrogen and oxygen atoms in total. The van der Waals surface area contributed by atoms with E-state index < -0.39 is 5.54 Å². The fraction of sp³-hybridized carbons (Fsp3) is 0.667. The van der Waals surface area contributed by atoms with Crippen LogP contribution in [-0.4, -0.2) is 21.8 Å². The summed E-state index contributed by atoms with van der Waals surface area (Å²) < 4.78 is 5.18. The zero-order chi connectivity index (χ0) is 12.9. The van der Waals surface area contributed by atoms with Crippen molar-refractivity contribution in [2.45, 2.75) is 56.2 Å². The average molecular weight is 253 g/mol. The summed E-state index contributed by atoms with van der Waals surface area (Å²) in [5.74, 6) is 0. The van der Waals surface area contributed by atoms with Gasteiger partial charge in [0.15, 0.2) is 0 Å². The lowest BCUT2D eigenvalue weighted by Crippen LogP contribution is -2.46. The van der Waals surface area contributed by atoms with Gasteiger partial charge in [0.25, 0.3) is 5.22 Å². The first kappa shape index (κ1) is 14.1. The van der Waals surface area contributed by atoms with E-state index in [1.54, 1.807) is 24.2 Å². The van der Waals surface area contributed by atoms with Crippen molar-refractivity contribution < 1.29 is 4.42 Å². The Morgan fingerprint density at radius 2 is 2.29 bits per heavy atom. The van der Waals surface area contributed by atoms with Gasteiger partial charge < -0.3 is 4.42 Å². The smallest absolute Gasteiger partial charge is 0.255 e. The van der Waals surface area contributed by atoms with Gasteiger partial charge in [-0.05, 0) is 27.2 Å². The van der Waals surface area contributed by atoms with Crippen LogP contribution in [0.3, 0.4) is 0 Å². The van der Waals surface area contributed by atoms with Crippen LogP contribution in [0.5, 0.6) is 0 Å². The Kier molecular flexibility index (Phi) is 5.03. The van der Waals surface area contributed by atoms with Crippen molar-refractivity contribution in [1.29, 1.82) is 5.26 Å². The minimum absolute atomic E-state index is 0.268. The van der Waals surface area contributed by atoms with Gasteiger partial charge in [-0.2, -0.15) is 5.26 Å². The minimum Gasteiger partial charge on any atom is -0.440 e. The number of hydrogen-bond acceptors (Lipinski definition) is 5. The van der Waals surface area contributed by atoms with Crippen molar-refractivity contribution >= 4 is 11.8 Å². The Hall–Kier alpha value is -0.990. The molecule has 1 aromatic heterocycles. The minimum atomic E-state index is -0.507. The maximum absolute atomic E-state index is 9.25. The Morgan fingerprint density at radius 3 is 2.76 bits per heavy atom. The molecular formula is C12H19N3OS. The van der Waals surface area contributed by atoms with Crippen LogP contribution in [0.4, 0.5) is 0 Å². The second-order valence-electron chi connectivity index (χ2n) is 4.67. The van der Waals surface area contributed by atoms with Crippen molar-refractivity contribution in [3.05, 3.63) is 12.5 Å². The molecule has 0 saturated heterocycles. The predicted octanol–water partition coefficient (Wildman–Crippen LogP) is 2.83. The highest BCUT2D eigenvalue weighted by Crippen LogP contribution is 2.27. The molecule has 5 heteroatoms. The summed E-state index contributed by atoms with van der Waals surface area (Å²) in [5, 5.41) is 13.5. The third-order valence-electron chi connectivity index (χ3n) is 2.26. The molecule has 0 spiro atoms. The van der Waals surface area contributed by atoms with Gasteiger partial charge >= 0.3 is 0 Å². The fourth-order valence-electron chi connectivity index (χ4n) is 1.83. The zero-order valence-corrected chi connectivity index (χ0v) is 11.5. The van der Waals surface area contributed by atoms with Crippen LogP contribution in [0.15, 0.2) is 22.1 Å². The Labute approximate surface area is 107 Å². The van der Waals surface area contributed by atoms with Crippen molar-refractivity contribution in [2.24, 2.45) is 0 Å². The molecule has 17 heavy (non-hydrogen) atoms. The maximum Gasteiger partial charge on any atom is 0.255 e. The first-order valence-corrected chi connectivity index (χ1v) is 6.58. The first-order chi connectivity index (χ1) is 7.95. The molecule has 2 unspecified atom stereocenters. The SMILES string of the molecule is CC(C)NC(C)(C#N)CC(C)Sc1ncco1. The Morgan fingerprint density at radius 1 is 1.59 bits per heavy atom.